The van der Waals surface area contributed by atoms with Crippen molar-refractivity contribution in [3.05, 3.63) is 28.4 Å². The zero-order chi connectivity index (χ0) is 13.5. The van der Waals surface area contributed by atoms with E-state index in [1.54, 1.807) is 0 Å². The molecule has 5 nitrogen and oxygen atoms in total. The van der Waals surface area contributed by atoms with Crippen molar-refractivity contribution in [3.63, 3.8) is 0 Å². The van der Waals surface area contributed by atoms with Crippen molar-refractivity contribution in [2.45, 2.75) is 52.6 Å². The summed E-state index contributed by atoms with van der Waals surface area (Å²) in [4.78, 5) is 27.6. The first-order valence-electron chi connectivity index (χ1n) is 6.41. The molecule has 0 fully saturated rings. The molecule has 0 radical (unpaired) electrons. The average Bonchev–Trinajstić information content (AvgIpc) is 2.33. The number of hydrogen-bond donors (Lipinski definition) is 1. The fourth-order valence-corrected chi connectivity index (χ4v) is 1.55. The Bertz CT molecular complexity index is 454. The topological polar surface area (TPSA) is 64.0 Å². The Kier molecular flexibility index (Phi) is 5.55. The van der Waals surface area contributed by atoms with Gasteiger partial charge in [-0.2, -0.15) is 0 Å². The van der Waals surface area contributed by atoms with Crippen LogP contribution >= 0.6 is 0 Å². The van der Waals surface area contributed by atoms with Crippen LogP contribution in [0, 0.1) is 0 Å². The molecule has 0 bridgehead atoms. The van der Waals surface area contributed by atoms with Crippen LogP contribution in [0.2, 0.25) is 0 Å². The molecule has 0 saturated carbocycles. The maximum absolute atomic E-state index is 11.7. The van der Waals surface area contributed by atoms with Crippen LogP contribution in [-0.4, -0.2) is 21.5 Å². The number of amides is 1. The van der Waals surface area contributed by atoms with Gasteiger partial charge in [0.15, 0.2) is 0 Å². The van der Waals surface area contributed by atoms with Crippen molar-refractivity contribution in [1.29, 1.82) is 0 Å². The first-order chi connectivity index (χ1) is 8.56. The highest BCUT2D eigenvalue weighted by atomic mass is 16.2. The lowest BCUT2D eigenvalue weighted by Gasteiger charge is -2.12. The minimum absolute atomic E-state index is 0.0303. The molecule has 100 valence electrons. The van der Waals surface area contributed by atoms with Crippen molar-refractivity contribution < 1.29 is 4.79 Å². The lowest BCUT2D eigenvalue weighted by atomic mass is 10.2. The lowest BCUT2D eigenvalue weighted by molar-refractivity contribution is -0.122. The Hall–Kier alpha value is -1.65. The zero-order valence-corrected chi connectivity index (χ0v) is 11.3. The van der Waals surface area contributed by atoms with Gasteiger partial charge in [-0.1, -0.05) is 20.3 Å². The molecule has 1 N–H and O–H groups in total. The number of rotatable bonds is 6. The summed E-state index contributed by atoms with van der Waals surface area (Å²) in [5.74, 6) is -0.156. The highest BCUT2D eigenvalue weighted by Crippen LogP contribution is 1.95. The van der Waals surface area contributed by atoms with E-state index in [0.29, 0.717) is 0 Å². The largest absolute Gasteiger partial charge is 0.352 e. The van der Waals surface area contributed by atoms with Gasteiger partial charge >= 0.3 is 0 Å². The van der Waals surface area contributed by atoms with Gasteiger partial charge in [0.05, 0.1) is 6.33 Å². The van der Waals surface area contributed by atoms with Gasteiger partial charge in [0, 0.05) is 17.8 Å². The second-order valence-electron chi connectivity index (χ2n) is 4.47. The van der Waals surface area contributed by atoms with Crippen molar-refractivity contribution in [1.82, 2.24) is 14.9 Å². The van der Waals surface area contributed by atoms with Gasteiger partial charge in [0.1, 0.15) is 6.54 Å². The molecule has 0 spiro atoms. The van der Waals surface area contributed by atoms with E-state index in [1.807, 2.05) is 20.8 Å². The molecule has 0 aliphatic rings. The second kappa shape index (κ2) is 6.93. The summed E-state index contributed by atoms with van der Waals surface area (Å²) < 4.78 is 1.33. The monoisotopic (exact) mass is 251 g/mol. The summed E-state index contributed by atoms with van der Waals surface area (Å²) >= 11 is 0. The van der Waals surface area contributed by atoms with Crippen LogP contribution in [0.1, 0.15) is 39.3 Å². The second-order valence-corrected chi connectivity index (χ2v) is 4.47. The molecule has 0 unspecified atom stereocenters. The Morgan fingerprint density at radius 2 is 2.22 bits per heavy atom. The summed E-state index contributed by atoms with van der Waals surface area (Å²) in [7, 11) is 0. The molecule has 1 aromatic heterocycles. The number of nitrogens with one attached hydrogen (secondary N) is 1. The molecular weight excluding hydrogens is 230 g/mol. The van der Waals surface area contributed by atoms with Crippen LogP contribution in [0.15, 0.2) is 17.2 Å². The molecule has 1 amide bonds. The minimum Gasteiger partial charge on any atom is -0.352 e. The number of hydrogen-bond acceptors (Lipinski definition) is 3. The number of carbonyl (C=O) groups is 1. The first kappa shape index (κ1) is 14.4. The van der Waals surface area contributed by atoms with Gasteiger partial charge in [-0.15, -0.1) is 0 Å². The summed E-state index contributed by atoms with van der Waals surface area (Å²) in [5, 5.41) is 2.82. The first-order valence-corrected chi connectivity index (χ1v) is 6.41. The minimum atomic E-state index is -0.173. The normalized spacial score (nSPS) is 12.2. The van der Waals surface area contributed by atoms with Gasteiger partial charge < -0.3 is 5.32 Å². The van der Waals surface area contributed by atoms with Crippen LogP contribution in [0.25, 0.3) is 0 Å². The Balaban J connectivity index is 2.68. The van der Waals surface area contributed by atoms with Gasteiger partial charge in [-0.3, -0.25) is 14.2 Å². The van der Waals surface area contributed by atoms with Gasteiger partial charge in [0.2, 0.25) is 5.91 Å². The highest BCUT2D eigenvalue weighted by molar-refractivity contribution is 5.75. The molecule has 0 saturated heterocycles. The molecule has 1 atom stereocenters. The number of aryl methyl sites for hydroxylation is 1. The molecular formula is C13H21N3O2. The Morgan fingerprint density at radius 3 is 2.78 bits per heavy atom. The van der Waals surface area contributed by atoms with Crippen molar-refractivity contribution >= 4 is 5.91 Å². The maximum Gasteiger partial charge on any atom is 0.253 e. The van der Waals surface area contributed by atoms with E-state index in [9.17, 15) is 9.59 Å². The van der Waals surface area contributed by atoms with E-state index >= 15 is 0 Å². The fourth-order valence-electron chi connectivity index (χ4n) is 1.55. The van der Waals surface area contributed by atoms with Crippen LogP contribution in [0.4, 0.5) is 0 Å². The molecule has 1 rings (SSSR count). The highest BCUT2D eigenvalue weighted by Gasteiger charge is 2.07. The molecule has 1 aromatic rings. The standard InChI is InChI=1S/C13H21N3O2/c1-4-6-11-7-13(18)16(9-14-11)8-12(17)15-10(3)5-2/h7,9-10H,4-6,8H2,1-3H3,(H,15,17)/t10-/m0/s1. The smallest absolute Gasteiger partial charge is 0.253 e. The lowest BCUT2D eigenvalue weighted by Crippen LogP contribution is -2.37. The van der Waals surface area contributed by atoms with Crippen LogP contribution in [-0.2, 0) is 17.8 Å². The predicted octanol–water partition coefficient (Wildman–Crippen LogP) is 1.11. The molecule has 1 heterocycles. The fraction of sp³-hybridized carbons (Fsp3) is 0.615. The Morgan fingerprint density at radius 1 is 1.50 bits per heavy atom. The van der Waals surface area contributed by atoms with Crippen LogP contribution in [0.5, 0.6) is 0 Å². The third-order valence-electron chi connectivity index (χ3n) is 2.78. The van der Waals surface area contributed by atoms with Crippen molar-refractivity contribution in [3.8, 4) is 0 Å². The third-order valence-corrected chi connectivity index (χ3v) is 2.78. The van der Waals surface area contributed by atoms with Crippen molar-refractivity contribution in [2.75, 3.05) is 0 Å². The molecule has 0 aromatic carbocycles. The summed E-state index contributed by atoms with van der Waals surface area (Å²) in [5.41, 5.74) is 0.605. The average molecular weight is 251 g/mol. The number of nitrogens with zero attached hydrogens (tertiary/aromatic N) is 2. The predicted molar refractivity (Wildman–Crippen MR) is 70.4 cm³/mol. The van der Waals surface area contributed by atoms with Gasteiger partial charge in [0.25, 0.3) is 5.56 Å². The van der Waals surface area contributed by atoms with E-state index < -0.39 is 0 Å². The van der Waals surface area contributed by atoms with E-state index in [0.717, 1.165) is 25.0 Å². The van der Waals surface area contributed by atoms with E-state index in [-0.39, 0.29) is 24.1 Å². The molecule has 5 heteroatoms. The van der Waals surface area contributed by atoms with Crippen LogP contribution < -0.4 is 10.9 Å². The summed E-state index contributed by atoms with van der Waals surface area (Å²) in [6.07, 6.45) is 4.05. The van der Waals surface area contributed by atoms with Crippen molar-refractivity contribution in [2.24, 2.45) is 0 Å². The Labute approximate surface area is 107 Å². The van der Waals surface area contributed by atoms with E-state index in [1.165, 1.54) is 17.0 Å². The summed E-state index contributed by atoms with van der Waals surface area (Å²) in [6.45, 7) is 6.00. The zero-order valence-electron chi connectivity index (χ0n) is 11.3. The molecule has 0 aliphatic heterocycles. The van der Waals surface area contributed by atoms with Gasteiger partial charge in [-0.25, -0.2) is 4.98 Å². The van der Waals surface area contributed by atoms with E-state index in [2.05, 4.69) is 10.3 Å². The van der Waals surface area contributed by atoms with Gasteiger partial charge in [-0.05, 0) is 19.8 Å². The maximum atomic E-state index is 11.7. The third kappa shape index (κ3) is 4.31. The molecule has 18 heavy (non-hydrogen) atoms. The quantitative estimate of drug-likeness (QED) is 0.823. The molecule has 0 aliphatic carbocycles. The van der Waals surface area contributed by atoms with Crippen LogP contribution in [0.3, 0.4) is 0 Å². The van der Waals surface area contributed by atoms with E-state index in [4.69, 9.17) is 0 Å². The number of aromatic nitrogens is 2. The SMILES string of the molecule is CCCc1cc(=O)n(CC(=O)N[C@@H](C)CC)cn1. The summed E-state index contributed by atoms with van der Waals surface area (Å²) in [6, 6.07) is 1.63. The number of carbonyl (C=O) groups excluding carboxylic acids is 1.